The Balaban J connectivity index is 3.42. The zero-order chi connectivity index (χ0) is 16.2. The summed E-state index contributed by atoms with van der Waals surface area (Å²) in [5.74, 6) is -1.80. The molecule has 0 aliphatic carbocycles. The summed E-state index contributed by atoms with van der Waals surface area (Å²) >= 11 is 0. The van der Waals surface area contributed by atoms with Gasteiger partial charge in [-0.2, -0.15) is 0 Å². The van der Waals surface area contributed by atoms with Gasteiger partial charge in [0, 0.05) is 13.2 Å². The molecule has 114 valence electrons. The molecule has 1 N–H and O–H groups in total. The summed E-state index contributed by atoms with van der Waals surface area (Å²) in [6.45, 7) is 2.23. The van der Waals surface area contributed by atoms with Crippen LogP contribution in [-0.4, -0.2) is 42.2 Å². The third-order valence-corrected chi connectivity index (χ3v) is 2.93. The normalized spacial score (nSPS) is 10.2. The Morgan fingerprint density at radius 1 is 1.38 bits per heavy atom. The van der Waals surface area contributed by atoms with Crippen molar-refractivity contribution in [1.82, 2.24) is 0 Å². The maximum atomic E-state index is 12.0. The molecule has 1 aromatic carbocycles. The predicted molar refractivity (Wildman–Crippen MR) is 74.4 cm³/mol. The van der Waals surface area contributed by atoms with Crippen LogP contribution >= 0.6 is 0 Å². The number of nitro benzene ring substituents is 1. The largest absolute Gasteiger partial charge is 0.480 e. The number of aliphatic carboxylic acids is 1. The summed E-state index contributed by atoms with van der Waals surface area (Å²) in [5.41, 5.74) is 0.874. The number of carbonyl (C=O) groups excluding carboxylic acids is 1. The van der Waals surface area contributed by atoms with Gasteiger partial charge < -0.3 is 9.84 Å². The van der Waals surface area contributed by atoms with Crippen molar-refractivity contribution in [2.75, 3.05) is 25.2 Å². The minimum absolute atomic E-state index is 0.170. The van der Waals surface area contributed by atoms with Crippen molar-refractivity contribution in [2.45, 2.75) is 13.8 Å². The Morgan fingerprint density at radius 2 is 2.00 bits per heavy atom. The Morgan fingerprint density at radius 3 is 2.48 bits per heavy atom. The van der Waals surface area contributed by atoms with Crippen molar-refractivity contribution < 1.29 is 24.4 Å². The molecule has 8 heteroatoms. The van der Waals surface area contributed by atoms with Crippen LogP contribution in [0.15, 0.2) is 12.1 Å². The molecular weight excluding hydrogens is 280 g/mol. The number of carbonyl (C=O) groups is 2. The molecule has 8 nitrogen and oxygen atoms in total. The number of anilines is 1. The third-order valence-electron chi connectivity index (χ3n) is 2.93. The van der Waals surface area contributed by atoms with E-state index in [1.54, 1.807) is 6.92 Å². The van der Waals surface area contributed by atoms with Crippen LogP contribution in [0.4, 0.5) is 11.4 Å². The van der Waals surface area contributed by atoms with Crippen LogP contribution in [0, 0.1) is 24.0 Å². The van der Waals surface area contributed by atoms with Gasteiger partial charge in [0.2, 0.25) is 0 Å². The smallest absolute Gasteiger partial charge is 0.323 e. The molecule has 1 aromatic rings. The van der Waals surface area contributed by atoms with Gasteiger partial charge in [0.1, 0.15) is 13.2 Å². The van der Waals surface area contributed by atoms with E-state index in [1.165, 1.54) is 26.2 Å². The second-order valence-electron chi connectivity index (χ2n) is 4.44. The van der Waals surface area contributed by atoms with Crippen LogP contribution in [0.1, 0.15) is 11.1 Å². The van der Waals surface area contributed by atoms with Gasteiger partial charge in [-0.3, -0.25) is 24.6 Å². The highest BCUT2D eigenvalue weighted by Gasteiger charge is 2.25. The molecule has 0 fully saturated rings. The van der Waals surface area contributed by atoms with Crippen LogP contribution in [0.3, 0.4) is 0 Å². The topological polar surface area (TPSA) is 110 Å². The fraction of sp³-hybridized carbons (Fsp3) is 0.385. The lowest BCUT2D eigenvalue weighted by molar-refractivity contribution is -0.385. The molecule has 0 aliphatic heterocycles. The van der Waals surface area contributed by atoms with Crippen LogP contribution in [0.5, 0.6) is 0 Å². The maximum Gasteiger partial charge on any atom is 0.323 e. The SMILES string of the molecule is COCC(=O)N(CC(=O)O)c1c(C)ccc([N+](=O)[O-])c1C. The van der Waals surface area contributed by atoms with Crippen molar-refractivity contribution in [2.24, 2.45) is 0 Å². The van der Waals surface area contributed by atoms with Gasteiger partial charge in [-0.05, 0) is 19.4 Å². The number of amides is 1. The molecule has 0 heterocycles. The second-order valence-corrected chi connectivity index (χ2v) is 4.44. The summed E-state index contributed by atoms with van der Waals surface area (Å²) in [7, 11) is 1.31. The predicted octanol–water partition coefficient (Wildman–Crippen LogP) is 1.28. The lowest BCUT2D eigenvalue weighted by atomic mass is 10.1. The van der Waals surface area contributed by atoms with Gasteiger partial charge in [0.25, 0.3) is 11.6 Å². The minimum Gasteiger partial charge on any atom is -0.480 e. The number of benzene rings is 1. The Kier molecular flexibility index (Phi) is 5.37. The second kappa shape index (κ2) is 6.80. The van der Waals surface area contributed by atoms with Crippen LogP contribution in [0.25, 0.3) is 0 Å². The zero-order valence-corrected chi connectivity index (χ0v) is 12.0. The fourth-order valence-electron chi connectivity index (χ4n) is 2.07. The molecule has 0 aliphatic rings. The summed E-state index contributed by atoms with van der Waals surface area (Å²) < 4.78 is 4.73. The molecule has 21 heavy (non-hydrogen) atoms. The highest BCUT2D eigenvalue weighted by Crippen LogP contribution is 2.32. The van der Waals surface area contributed by atoms with E-state index in [-0.39, 0.29) is 23.5 Å². The first-order valence-corrected chi connectivity index (χ1v) is 6.05. The number of methoxy groups -OCH3 is 1. The lowest BCUT2D eigenvalue weighted by Gasteiger charge is -2.24. The zero-order valence-electron chi connectivity index (χ0n) is 12.0. The van der Waals surface area contributed by atoms with Gasteiger partial charge in [0.15, 0.2) is 0 Å². The molecule has 0 bridgehead atoms. The van der Waals surface area contributed by atoms with E-state index in [0.717, 1.165) is 4.90 Å². The minimum atomic E-state index is -1.22. The molecule has 1 amide bonds. The first kappa shape index (κ1) is 16.6. The van der Waals surface area contributed by atoms with E-state index in [4.69, 9.17) is 9.84 Å². The Hall–Kier alpha value is -2.48. The molecule has 0 aromatic heterocycles. The first-order valence-electron chi connectivity index (χ1n) is 6.05. The number of carboxylic acid groups (broad SMARTS) is 1. The average Bonchev–Trinajstić information content (AvgIpc) is 2.36. The number of hydrogen-bond acceptors (Lipinski definition) is 5. The molecule has 1 rings (SSSR count). The fourth-order valence-corrected chi connectivity index (χ4v) is 2.07. The number of nitro groups is 1. The molecule has 0 atom stereocenters. The number of carboxylic acids is 1. The van der Waals surface area contributed by atoms with E-state index in [9.17, 15) is 19.7 Å². The molecule has 0 spiro atoms. The van der Waals surface area contributed by atoms with Crippen molar-refractivity contribution in [3.63, 3.8) is 0 Å². The van der Waals surface area contributed by atoms with Gasteiger partial charge in [0.05, 0.1) is 16.2 Å². The van der Waals surface area contributed by atoms with Crippen LogP contribution in [-0.2, 0) is 14.3 Å². The van der Waals surface area contributed by atoms with Crippen molar-refractivity contribution in [1.29, 1.82) is 0 Å². The van der Waals surface area contributed by atoms with Crippen molar-refractivity contribution in [3.05, 3.63) is 33.4 Å². The third kappa shape index (κ3) is 3.76. The van der Waals surface area contributed by atoms with E-state index >= 15 is 0 Å². The first-order chi connectivity index (χ1) is 9.79. The quantitative estimate of drug-likeness (QED) is 0.625. The summed E-state index contributed by atoms with van der Waals surface area (Å²) in [6.07, 6.45) is 0. The van der Waals surface area contributed by atoms with Gasteiger partial charge in [-0.1, -0.05) is 6.07 Å². The monoisotopic (exact) mass is 296 g/mol. The standard InChI is InChI=1S/C13H16N2O6/c1-8-4-5-10(15(19)20)9(2)13(8)14(6-12(17)18)11(16)7-21-3/h4-5H,6-7H2,1-3H3,(H,17,18). The van der Waals surface area contributed by atoms with Crippen molar-refractivity contribution >= 4 is 23.3 Å². The molecule has 0 unspecified atom stereocenters. The number of ether oxygens (including phenoxy) is 1. The highest BCUT2D eigenvalue weighted by atomic mass is 16.6. The molecule has 0 saturated carbocycles. The van der Waals surface area contributed by atoms with Gasteiger partial charge in [-0.25, -0.2) is 0 Å². The number of rotatable bonds is 6. The summed E-state index contributed by atoms with van der Waals surface area (Å²) in [6, 6.07) is 2.81. The summed E-state index contributed by atoms with van der Waals surface area (Å²) in [5, 5.41) is 19.9. The number of aryl methyl sites for hydroxylation is 1. The maximum absolute atomic E-state index is 12.0. The van der Waals surface area contributed by atoms with E-state index in [2.05, 4.69) is 0 Å². The Labute approximate surface area is 121 Å². The molecule has 0 radical (unpaired) electrons. The molecule has 0 saturated heterocycles. The van der Waals surface area contributed by atoms with E-state index < -0.39 is 23.3 Å². The number of nitrogens with zero attached hydrogens (tertiary/aromatic N) is 2. The van der Waals surface area contributed by atoms with Crippen molar-refractivity contribution in [3.8, 4) is 0 Å². The van der Waals surface area contributed by atoms with Gasteiger partial charge >= 0.3 is 5.97 Å². The van der Waals surface area contributed by atoms with E-state index in [1.807, 2.05) is 0 Å². The van der Waals surface area contributed by atoms with Crippen LogP contribution < -0.4 is 4.90 Å². The lowest BCUT2D eigenvalue weighted by Crippen LogP contribution is -2.39. The van der Waals surface area contributed by atoms with E-state index in [0.29, 0.717) is 5.56 Å². The van der Waals surface area contributed by atoms with Gasteiger partial charge in [-0.15, -0.1) is 0 Å². The molecular formula is C13H16N2O6. The number of hydrogen-bond donors (Lipinski definition) is 1. The Bertz CT molecular complexity index is 584. The highest BCUT2D eigenvalue weighted by molar-refractivity contribution is 6.00. The van der Waals surface area contributed by atoms with Crippen LogP contribution in [0.2, 0.25) is 0 Å². The summed E-state index contributed by atoms with van der Waals surface area (Å²) in [4.78, 5) is 34.4. The average molecular weight is 296 g/mol.